The summed E-state index contributed by atoms with van der Waals surface area (Å²) in [5, 5.41) is 3.99. The first-order valence-electron chi connectivity index (χ1n) is 5.82. The molecule has 0 aliphatic heterocycles. The third kappa shape index (κ3) is 4.94. The highest BCUT2D eigenvalue weighted by Crippen LogP contribution is 2.23. The van der Waals surface area contributed by atoms with Crippen LogP contribution in [0, 0.1) is 0 Å². The van der Waals surface area contributed by atoms with Crippen LogP contribution < -0.4 is 10.1 Å². The van der Waals surface area contributed by atoms with Crippen molar-refractivity contribution >= 4 is 11.6 Å². The first kappa shape index (κ1) is 14.3. The van der Waals surface area contributed by atoms with Crippen molar-refractivity contribution in [2.75, 3.05) is 20.3 Å². The van der Waals surface area contributed by atoms with Crippen molar-refractivity contribution < 1.29 is 9.47 Å². The predicted octanol–water partition coefficient (Wildman–Crippen LogP) is 2.86. The molecule has 0 amide bonds. The lowest BCUT2D eigenvalue weighted by atomic mass is 10.2. The lowest BCUT2D eigenvalue weighted by Gasteiger charge is -2.17. The Labute approximate surface area is 108 Å². The molecule has 1 aromatic carbocycles. The lowest BCUT2D eigenvalue weighted by molar-refractivity contribution is 0.0913. The fourth-order valence-electron chi connectivity index (χ4n) is 1.55. The molecular formula is C13H20ClNO2. The standard InChI is InChI=1S/C13H20ClNO2/c1-4-15-8-11-7-12(14)5-6-13(11)17-10(2)9-16-3/h5-7,10,15H,4,8-9H2,1-3H3. The van der Waals surface area contributed by atoms with Gasteiger partial charge in [-0.2, -0.15) is 0 Å². The topological polar surface area (TPSA) is 30.5 Å². The molecule has 0 heterocycles. The van der Waals surface area contributed by atoms with Gasteiger partial charge in [-0.25, -0.2) is 0 Å². The van der Waals surface area contributed by atoms with Gasteiger partial charge in [0.2, 0.25) is 0 Å². The lowest BCUT2D eigenvalue weighted by Crippen LogP contribution is -2.20. The normalized spacial score (nSPS) is 12.5. The maximum atomic E-state index is 5.99. The number of hydrogen-bond acceptors (Lipinski definition) is 3. The molecule has 0 spiro atoms. The number of ether oxygens (including phenoxy) is 2. The zero-order valence-corrected chi connectivity index (χ0v) is 11.4. The highest BCUT2D eigenvalue weighted by molar-refractivity contribution is 6.30. The van der Waals surface area contributed by atoms with E-state index in [0.717, 1.165) is 29.4 Å². The minimum atomic E-state index is 0.0292. The van der Waals surface area contributed by atoms with Crippen molar-refractivity contribution in [2.24, 2.45) is 0 Å². The van der Waals surface area contributed by atoms with Crippen LogP contribution in [0.2, 0.25) is 5.02 Å². The monoisotopic (exact) mass is 257 g/mol. The maximum absolute atomic E-state index is 5.99. The van der Waals surface area contributed by atoms with Gasteiger partial charge in [0.15, 0.2) is 0 Å². The Morgan fingerprint density at radius 3 is 2.82 bits per heavy atom. The van der Waals surface area contributed by atoms with Gasteiger partial charge in [-0.3, -0.25) is 0 Å². The third-order valence-corrected chi connectivity index (χ3v) is 2.55. The molecule has 1 aromatic rings. The van der Waals surface area contributed by atoms with Gasteiger partial charge in [0, 0.05) is 24.2 Å². The van der Waals surface area contributed by atoms with Crippen LogP contribution in [0.15, 0.2) is 18.2 Å². The van der Waals surface area contributed by atoms with E-state index in [0.29, 0.717) is 6.61 Å². The molecule has 0 saturated carbocycles. The van der Waals surface area contributed by atoms with Crippen LogP contribution in [0.25, 0.3) is 0 Å². The molecule has 4 heteroatoms. The Balaban J connectivity index is 2.74. The van der Waals surface area contributed by atoms with E-state index in [9.17, 15) is 0 Å². The van der Waals surface area contributed by atoms with Gasteiger partial charge in [0.25, 0.3) is 0 Å². The van der Waals surface area contributed by atoms with E-state index in [1.54, 1.807) is 7.11 Å². The van der Waals surface area contributed by atoms with Crippen molar-refractivity contribution in [2.45, 2.75) is 26.5 Å². The van der Waals surface area contributed by atoms with Gasteiger partial charge in [-0.1, -0.05) is 18.5 Å². The third-order valence-electron chi connectivity index (χ3n) is 2.32. The van der Waals surface area contributed by atoms with Crippen molar-refractivity contribution in [3.05, 3.63) is 28.8 Å². The van der Waals surface area contributed by atoms with E-state index in [2.05, 4.69) is 12.2 Å². The van der Waals surface area contributed by atoms with Gasteiger partial charge in [-0.15, -0.1) is 0 Å². The van der Waals surface area contributed by atoms with E-state index in [-0.39, 0.29) is 6.10 Å². The molecule has 1 rings (SSSR count). The molecule has 0 aliphatic rings. The summed E-state index contributed by atoms with van der Waals surface area (Å²) in [5.74, 6) is 0.861. The van der Waals surface area contributed by atoms with Crippen LogP contribution in [0.4, 0.5) is 0 Å². The molecule has 0 aliphatic carbocycles. The first-order valence-corrected chi connectivity index (χ1v) is 6.20. The molecular weight excluding hydrogens is 238 g/mol. The van der Waals surface area contributed by atoms with Crippen molar-refractivity contribution in [1.29, 1.82) is 0 Å². The largest absolute Gasteiger partial charge is 0.488 e. The van der Waals surface area contributed by atoms with Gasteiger partial charge in [0.05, 0.1) is 6.61 Å². The predicted molar refractivity (Wildman–Crippen MR) is 70.8 cm³/mol. The SMILES string of the molecule is CCNCc1cc(Cl)ccc1OC(C)COC. The quantitative estimate of drug-likeness (QED) is 0.815. The van der Waals surface area contributed by atoms with Crippen LogP contribution in [-0.2, 0) is 11.3 Å². The summed E-state index contributed by atoms with van der Waals surface area (Å²) < 4.78 is 10.9. The molecule has 0 radical (unpaired) electrons. The average Bonchev–Trinajstić information content (AvgIpc) is 2.30. The number of halogens is 1. The summed E-state index contributed by atoms with van der Waals surface area (Å²) in [6.45, 7) is 6.29. The second kappa shape index (κ2) is 7.54. The molecule has 3 nitrogen and oxygen atoms in total. The van der Waals surface area contributed by atoms with Crippen LogP contribution in [0.3, 0.4) is 0 Å². The van der Waals surface area contributed by atoms with Crippen LogP contribution in [0.1, 0.15) is 19.4 Å². The molecule has 1 N–H and O–H groups in total. The summed E-state index contributed by atoms with van der Waals surface area (Å²) in [6.07, 6.45) is 0.0292. The summed E-state index contributed by atoms with van der Waals surface area (Å²) in [4.78, 5) is 0. The minimum Gasteiger partial charge on any atom is -0.488 e. The van der Waals surface area contributed by atoms with E-state index in [1.807, 2.05) is 25.1 Å². The van der Waals surface area contributed by atoms with Gasteiger partial charge in [0.1, 0.15) is 11.9 Å². The second-order valence-corrected chi connectivity index (χ2v) is 4.35. The zero-order chi connectivity index (χ0) is 12.7. The zero-order valence-electron chi connectivity index (χ0n) is 10.6. The number of hydrogen-bond donors (Lipinski definition) is 1. The molecule has 0 fully saturated rings. The number of benzene rings is 1. The second-order valence-electron chi connectivity index (χ2n) is 3.92. The Morgan fingerprint density at radius 1 is 1.41 bits per heavy atom. The summed E-state index contributed by atoms with van der Waals surface area (Å²) in [7, 11) is 1.67. The van der Waals surface area contributed by atoms with Crippen LogP contribution in [0.5, 0.6) is 5.75 Å². The molecule has 1 unspecified atom stereocenters. The summed E-state index contributed by atoms with van der Waals surface area (Å²) in [6, 6.07) is 5.67. The molecule has 1 atom stereocenters. The Bertz CT molecular complexity index is 344. The van der Waals surface area contributed by atoms with E-state index < -0.39 is 0 Å². The van der Waals surface area contributed by atoms with Gasteiger partial charge >= 0.3 is 0 Å². The molecule has 0 saturated heterocycles. The van der Waals surface area contributed by atoms with Crippen molar-refractivity contribution in [3.63, 3.8) is 0 Å². The van der Waals surface area contributed by atoms with E-state index >= 15 is 0 Å². The average molecular weight is 258 g/mol. The molecule has 17 heavy (non-hydrogen) atoms. The van der Waals surface area contributed by atoms with Crippen LogP contribution >= 0.6 is 11.6 Å². The number of methoxy groups -OCH3 is 1. The fraction of sp³-hybridized carbons (Fsp3) is 0.538. The maximum Gasteiger partial charge on any atom is 0.124 e. The highest BCUT2D eigenvalue weighted by Gasteiger charge is 2.08. The van der Waals surface area contributed by atoms with E-state index in [1.165, 1.54) is 0 Å². The van der Waals surface area contributed by atoms with Crippen LogP contribution in [-0.4, -0.2) is 26.4 Å². The Morgan fingerprint density at radius 2 is 2.18 bits per heavy atom. The number of nitrogens with one attached hydrogen (secondary N) is 1. The minimum absolute atomic E-state index is 0.0292. The Hall–Kier alpha value is -0.770. The molecule has 0 bridgehead atoms. The molecule has 0 aromatic heterocycles. The smallest absolute Gasteiger partial charge is 0.124 e. The number of rotatable bonds is 7. The fourth-order valence-corrected chi connectivity index (χ4v) is 1.74. The van der Waals surface area contributed by atoms with Gasteiger partial charge in [-0.05, 0) is 31.7 Å². The molecule has 96 valence electrons. The van der Waals surface area contributed by atoms with E-state index in [4.69, 9.17) is 21.1 Å². The Kier molecular flexibility index (Phi) is 6.34. The van der Waals surface area contributed by atoms with Crippen molar-refractivity contribution in [3.8, 4) is 5.75 Å². The first-order chi connectivity index (χ1) is 8.17. The van der Waals surface area contributed by atoms with Crippen molar-refractivity contribution in [1.82, 2.24) is 5.32 Å². The highest BCUT2D eigenvalue weighted by atomic mass is 35.5. The van der Waals surface area contributed by atoms with Gasteiger partial charge < -0.3 is 14.8 Å². The summed E-state index contributed by atoms with van der Waals surface area (Å²) in [5.41, 5.74) is 1.07. The summed E-state index contributed by atoms with van der Waals surface area (Å²) >= 11 is 5.99.